The first-order chi connectivity index (χ1) is 8.66. The molecule has 0 spiro atoms. The third-order valence-corrected chi connectivity index (χ3v) is 3.16. The van der Waals surface area contributed by atoms with Crippen LogP contribution < -0.4 is 0 Å². The lowest BCUT2D eigenvalue weighted by molar-refractivity contribution is -0.122. The fraction of sp³-hybridized carbons (Fsp3) is 0.500. The largest absolute Gasteiger partial charge is 0.378 e. The zero-order valence-electron chi connectivity index (χ0n) is 10.1. The first-order valence-corrected chi connectivity index (χ1v) is 6.23. The summed E-state index contributed by atoms with van der Waals surface area (Å²) in [5.41, 5.74) is -0.140. The Balaban J connectivity index is 1.94. The predicted molar refractivity (Wildman–Crippen MR) is 63.3 cm³/mol. The summed E-state index contributed by atoms with van der Waals surface area (Å²) >= 11 is 0. The molecule has 1 atom stereocenters. The fourth-order valence-corrected chi connectivity index (χ4v) is 2.19. The van der Waals surface area contributed by atoms with Crippen LogP contribution in [0.1, 0.15) is 31.2 Å². The molecular weight excluding hydrogens is 238 g/mol. The average Bonchev–Trinajstić information content (AvgIpc) is 2.35. The van der Waals surface area contributed by atoms with Gasteiger partial charge in [-0.2, -0.15) is 0 Å². The summed E-state index contributed by atoms with van der Waals surface area (Å²) in [4.78, 5) is 11.8. The molecule has 1 aromatic rings. The summed E-state index contributed by atoms with van der Waals surface area (Å²) in [7, 11) is 0. The van der Waals surface area contributed by atoms with E-state index in [0.717, 1.165) is 19.3 Å². The molecule has 1 aliphatic heterocycles. The Labute approximate surface area is 105 Å². The van der Waals surface area contributed by atoms with Crippen LogP contribution in [0.4, 0.5) is 8.78 Å². The van der Waals surface area contributed by atoms with Crippen LogP contribution in [0, 0.1) is 11.6 Å². The Morgan fingerprint density at radius 2 is 2.00 bits per heavy atom. The number of Topliss-reactive ketones (excluding diaryl/α,β-unsaturated/α-hetero) is 1. The molecule has 1 saturated heterocycles. The van der Waals surface area contributed by atoms with Crippen LogP contribution in [0.5, 0.6) is 0 Å². The van der Waals surface area contributed by atoms with Gasteiger partial charge in [-0.05, 0) is 31.4 Å². The average molecular weight is 254 g/mol. The first kappa shape index (κ1) is 13.1. The van der Waals surface area contributed by atoms with Crippen molar-refractivity contribution in [3.63, 3.8) is 0 Å². The van der Waals surface area contributed by atoms with Crippen LogP contribution in [-0.4, -0.2) is 18.5 Å². The van der Waals surface area contributed by atoms with Gasteiger partial charge in [-0.25, -0.2) is 8.78 Å². The van der Waals surface area contributed by atoms with Crippen LogP contribution in [0.2, 0.25) is 0 Å². The van der Waals surface area contributed by atoms with Gasteiger partial charge in [-0.3, -0.25) is 4.79 Å². The SMILES string of the molecule is O=C(Cc1c(F)cccc1F)CC1CCCCO1. The molecule has 0 N–H and O–H groups in total. The van der Waals surface area contributed by atoms with Crippen LogP contribution in [0.25, 0.3) is 0 Å². The zero-order chi connectivity index (χ0) is 13.0. The molecule has 2 nitrogen and oxygen atoms in total. The van der Waals surface area contributed by atoms with Crippen molar-refractivity contribution >= 4 is 5.78 Å². The maximum atomic E-state index is 13.4. The smallest absolute Gasteiger partial charge is 0.140 e. The summed E-state index contributed by atoms with van der Waals surface area (Å²) in [6.07, 6.45) is 2.89. The summed E-state index contributed by atoms with van der Waals surface area (Å²) in [6.45, 7) is 0.673. The molecule has 18 heavy (non-hydrogen) atoms. The molecule has 98 valence electrons. The maximum Gasteiger partial charge on any atom is 0.140 e. The van der Waals surface area contributed by atoms with Gasteiger partial charge in [0.15, 0.2) is 0 Å². The molecule has 1 heterocycles. The molecule has 0 aromatic heterocycles. The highest BCUT2D eigenvalue weighted by Crippen LogP contribution is 2.18. The van der Waals surface area contributed by atoms with Crippen molar-refractivity contribution < 1.29 is 18.3 Å². The monoisotopic (exact) mass is 254 g/mol. The number of ketones is 1. The third kappa shape index (κ3) is 3.35. The van der Waals surface area contributed by atoms with E-state index in [-0.39, 0.29) is 30.3 Å². The molecule has 1 aromatic carbocycles. The van der Waals surface area contributed by atoms with E-state index in [2.05, 4.69) is 0 Å². The number of benzene rings is 1. The maximum absolute atomic E-state index is 13.4. The lowest BCUT2D eigenvalue weighted by atomic mass is 9.99. The van der Waals surface area contributed by atoms with Crippen molar-refractivity contribution in [1.82, 2.24) is 0 Å². The van der Waals surface area contributed by atoms with Gasteiger partial charge in [-0.1, -0.05) is 6.07 Å². The van der Waals surface area contributed by atoms with Gasteiger partial charge in [0, 0.05) is 25.0 Å². The molecule has 0 radical (unpaired) electrons. The number of halogens is 2. The van der Waals surface area contributed by atoms with Gasteiger partial charge in [-0.15, -0.1) is 0 Å². The minimum absolute atomic E-state index is 0.0823. The molecule has 4 heteroatoms. The Hall–Kier alpha value is -1.29. The third-order valence-electron chi connectivity index (χ3n) is 3.16. The Morgan fingerprint density at radius 3 is 2.61 bits per heavy atom. The second-order valence-electron chi connectivity index (χ2n) is 4.61. The van der Waals surface area contributed by atoms with E-state index in [1.807, 2.05) is 0 Å². The molecule has 1 unspecified atom stereocenters. The highest BCUT2D eigenvalue weighted by atomic mass is 19.1. The quantitative estimate of drug-likeness (QED) is 0.825. The van der Waals surface area contributed by atoms with Gasteiger partial charge in [0.1, 0.15) is 17.4 Å². The fourth-order valence-electron chi connectivity index (χ4n) is 2.19. The minimum atomic E-state index is -0.659. The number of hydrogen-bond donors (Lipinski definition) is 0. The molecule has 1 aliphatic rings. The number of ether oxygens (including phenoxy) is 1. The van der Waals surface area contributed by atoms with Crippen molar-refractivity contribution in [1.29, 1.82) is 0 Å². The second kappa shape index (κ2) is 6.05. The van der Waals surface area contributed by atoms with E-state index in [1.54, 1.807) is 0 Å². The van der Waals surface area contributed by atoms with E-state index in [1.165, 1.54) is 18.2 Å². The molecule has 1 fully saturated rings. The van der Waals surface area contributed by atoms with Crippen molar-refractivity contribution in [2.24, 2.45) is 0 Å². The van der Waals surface area contributed by atoms with E-state index < -0.39 is 11.6 Å². The lowest BCUT2D eigenvalue weighted by Gasteiger charge is -2.21. The summed E-state index contributed by atoms with van der Waals surface area (Å²) in [5.74, 6) is -1.49. The van der Waals surface area contributed by atoms with E-state index in [9.17, 15) is 13.6 Å². The van der Waals surface area contributed by atoms with Crippen LogP contribution in [0.15, 0.2) is 18.2 Å². The van der Waals surface area contributed by atoms with E-state index >= 15 is 0 Å². The van der Waals surface area contributed by atoms with E-state index in [4.69, 9.17) is 4.74 Å². The highest BCUT2D eigenvalue weighted by molar-refractivity contribution is 5.81. The summed E-state index contributed by atoms with van der Waals surface area (Å²) in [5, 5.41) is 0. The molecule has 0 bridgehead atoms. The normalized spacial score (nSPS) is 19.8. The molecule has 0 amide bonds. The minimum Gasteiger partial charge on any atom is -0.378 e. The van der Waals surface area contributed by atoms with Gasteiger partial charge in [0.2, 0.25) is 0 Å². The van der Waals surface area contributed by atoms with Gasteiger partial charge >= 0.3 is 0 Å². The summed E-state index contributed by atoms with van der Waals surface area (Å²) < 4.78 is 32.2. The van der Waals surface area contributed by atoms with Crippen molar-refractivity contribution in [3.05, 3.63) is 35.4 Å². The number of carbonyl (C=O) groups excluding carboxylic acids is 1. The number of hydrogen-bond acceptors (Lipinski definition) is 2. The first-order valence-electron chi connectivity index (χ1n) is 6.23. The molecule has 2 rings (SSSR count). The number of rotatable bonds is 4. The topological polar surface area (TPSA) is 26.3 Å². The number of carbonyl (C=O) groups is 1. The molecule has 0 aliphatic carbocycles. The molecular formula is C14H16F2O2. The Kier molecular flexibility index (Phi) is 4.42. The van der Waals surface area contributed by atoms with Gasteiger partial charge < -0.3 is 4.74 Å². The zero-order valence-corrected chi connectivity index (χ0v) is 10.1. The van der Waals surface area contributed by atoms with Crippen LogP contribution in [-0.2, 0) is 16.0 Å². The summed E-state index contributed by atoms with van der Waals surface area (Å²) in [6, 6.07) is 3.63. The van der Waals surface area contributed by atoms with Gasteiger partial charge in [0.25, 0.3) is 0 Å². The van der Waals surface area contributed by atoms with Crippen molar-refractivity contribution in [3.8, 4) is 0 Å². The highest BCUT2D eigenvalue weighted by Gasteiger charge is 2.19. The Bertz CT molecular complexity index is 406. The van der Waals surface area contributed by atoms with Crippen LogP contribution in [0.3, 0.4) is 0 Å². The van der Waals surface area contributed by atoms with Crippen molar-refractivity contribution in [2.75, 3.05) is 6.61 Å². The van der Waals surface area contributed by atoms with Crippen LogP contribution >= 0.6 is 0 Å². The van der Waals surface area contributed by atoms with Crippen molar-refractivity contribution in [2.45, 2.75) is 38.2 Å². The molecule has 0 saturated carbocycles. The van der Waals surface area contributed by atoms with Gasteiger partial charge in [0.05, 0.1) is 6.10 Å². The predicted octanol–water partition coefficient (Wildman–Crippen LogP) is 3.04. The Morgan fingerprint density at radius 1 is 1.28 bits per heavy atom. The standard InChI is InChI=1S/C14H16F2O2/c15-13-5-3-6-14(16)12(13)9-10(17)8-11-4-1-2-7-18-11/h3,5-6,11H,1-2,4,7-9H2. The second-order valence-corrected chi connectivity index (χ2v) is 4.61. The lowest BCUT2D eigenvalue weighted by Crippen LogP contribution is -2.23. The van der Waals surface area contributed by atoms with E-state index in [0.29, 0.717) is 6.61 Å².